The highest BCUT2D eigenvalue weighted by molar-refractivity contribution is 5.72. The van der Waals surface area contributed by atoms with E-state index in [9.17, 15) is 9.59 Å². The molecule has 0 heterocycles. The number of hydrogen-bond donors (Lipinski definition) is 2. The second-order valence-corrected chi connectivity index (χ2v) is 3.77. The second-order valence-electron chi connectivity index (χ2n) is 3.77. The van der Waals surface area contributed by atoms with Gasteiger partial charge < -0.3 is 10.4 Å². The van der Waals surface area contributed by atoms with Gasteiger partial charge in [-0.25, -0.2) is 0 Å². The average molecular weight is 228 g/mol. The highest BCUT2D eigenvalue weighted by Crippen LogP contribution is 1.99. The molecule has 0 aliphatic carbocycles. The normalized spacial score (nSPS) is 12.2. The Balaban J connectivity index is 4.00. The Morgan fingerprint density at radius 3 is 2.62 bits per heavy atom. The molecule has 0 bridgehead atoms. The smallest absolute Gasteiger partial charge is 0.307 e. The number of amides is 1. The summed E-state index contributed by atoms with van der Waals surface area (Å²) in [6, 6.07) is 0. The predicted molar refractivity (Wildman–Crippen MR) is 62.1 cm³/mol. The van der Waals surface area contributed by atoms with Crippen LogP contribution in [0.1, 0.15) is 13.8 Å². The molecule has 16 heavy (non-hydrogen) atoms. The van der Waals surface area contributed by atoms with E-state index in [0.29, 0.717) is 26.2 Å². The van der Waals surface area contributed by atoms with Crippen molar-refractivity contribution in [1.82, 2.24) is 10.2 Å². The molecule has 1 atom stereocenters. The molecule has 5 nitrogen and oxygen atoms in total. The monoisotopic (exact) mass is 228 g/mol. The molecule has 0 saturated carbocycles. The van der Waals surface area contributed by atoms with Crippen LogP contribution in [-0.2, 0) is 9.59 Å². The van der Waals surface area contributed by atoms with E-state index in [0.717, 1.165) is 0 Å². The van der Waals surface area contributed by atoms with Crippen LogP contribution in [0.2, 0.25) is 0 Å². The van der Waals surface area contributed by atoms with Crippen LogP contribution >= 0.6 is 0 Å². The van der Waals surface area contributed by atoms with Crippen molar-refractivity contribution in [3.8, 4) is 0 Å². The summed E-state index contributed by atoms with van der Waals surface area (Å²) in [4.78, 5) is 23.3. The van der Waals surface area contributed by atoms with Crippen molar-refractivity contribution in [3.05, 3.63) is 12.7 Å². The van der Waals surface area contributed by atoms with Gasteiger partial charge >= 0.3 is 5.97 Å². The third-order valence-electron chi connectivity index (χ3n) is 2.14. The van der Waals surface area contributed by atoms with Gasteiger partial charge in [0.2, 0.25) is 5.91 Å². The van der Waals surface area contributed by atoms with E-state index in [-0.39, 0.29) is 5.91 Å². The fourth-order valence-electron chi connectivity index (χ4n) is 1.30. The Morgan fingerprint density at radius 1 is 1.56 bits per heavy atom. The predicted octanol–water partition coefficient (Wildman–Crippen LogP) is 0.331. The average Bonchev–Trinajstić information content (AvgIpc) is 2.17. The largest absolute Gasteiger partial charge is 0.481 e. The second kappa shape index (κ2) is 7.87. The van der Waals surface area contributed by atoms with Crippen molar-refractivity contribution < 1.29 is 14.7 Å². The number of carbonyl (C=O) groups is 2. The molecule has 1 amide bonds. The molecule has 2 N–H and O–H groups in total. The van der Waals surface area contributed by atoms with Crippen LogP contribution in [0.5, 0.6) is 0 Å². The van der Waals surface area contributed by atoms with Crippen molar-refractivity contribution in [2.45, 2.75) is 13.8 Å². The summed E-state index contributed by atoms with van der Waals surface area (Å²) in [6.45, 7) is 8.97. The summed E-state index contributed by atoms with van der Waals surface area (Å²) in [5.41, 5.74) is 0. The van der Waals surface area contributed by atoms with E-state index in [2.05, 4.69) is 11.9 Å². The molecule has 0 aromatic heterocycles. The number of nitrogens with one attached hydrogen (secondary N) is 1. The summed E-state index contributed by atoms with van der Waals surface area (Å²) in [5, 5.41) is 11.5. The van der Waals surface area contributed by atoms with Gasteiger partial charge in [0.1, 0.15) is 0 Å². The van der Waals surface area contributed by atoms with Gasteiger partial charge in [0, 0.05) is 33.1 Å². The summed E-state index contributed by atoms with van der Waals surface area (Å²) >= 11 is 0. The quantitative estimate of drug-likeness (QED) is 0.587. The number of carboxylic acid groups (broad SMARTS) is 1. The Kier molecular flexibility index (Phi) is 7.20. The van der Waals surface area contributed by atoms with Crippen molar-refractivity contribution in [2.75, 3.05) is 26.2 Å². The van der Waals surface area contributed by atoms with E-state index in [4.69, 9.17) is 5.11 Å². The maximum absolute atomic E-state index is 10.7. The summed E-state index contributed by atoms with van der Waals surface area (Å²) in [7, 11) is 0. The maximum atomic E-state index is 10.7. The molecule has 0 spiro atoms. The van der Waals surface area contributed by atoms with Crippen LogP contribution in [-0.4, -0.2) is 48.1 Å². The third kappa shape index (κ3) is 7.00. The minimum atomic E-state index is -0.811. The lowest BCUT2D eigenvalue weighted by atomic mass is 10.1. The Labute approximate surface area is 96.1 Å². The SMILES string of the molecule is C=CCN(CCNC(C)=O)CC(C)C(=O)O. The molecule has 0 aromatic rings. The lowest BCUT2D eigenvalue weighted by Gasteiger charge is -2.22. The Hall–Kier alpha value is -1.36. The number of carboxylic acids is 1. The molecule has 0 aliphatic rings. The molecular weight excluding hydrogens is 208 g/mol. The minimum Gasteiger partial charge on any atom is -0.481 e. The molecule has 0 radical (unpaired) electrons. The molecule has 5 heteroatoms. The number of hydrogen-bond acceptors (Lipinski definition) is 3. The van der Waals surface area contributed by atoms with Crippen LogP contribution in [0.15, 0.2) is 12.7 Å². The van der Waals surface area contributed by atoms with E-state index in [1.54, 1.807) is 13.0 Å². The summed E-state index contributed by atoms with van der Waals surface area (Å²) < 4.78 is 0. The zero-order valence-corrected chi connectivity index (χ0v) is 9.90. The number of aliphatic carboxylic acids is 1. The highest BCUT2D eigenvalue weighted by atomic mass is 16.4. The molecule has 0 aliphatic heterocycles. The van der Waals surface area contributed by atoms with E-state index < -0.39 is 11.9 Å². The number of carbonyl (C=O) groups excluding carboxylic acids is 1. The standard InChI is InChI=1S/C11H20N2O3/c1-4-6-13(7-5-12-10(3)14)8-9(2)11(15)16/h4,9H,1,5-8H2,2-3H3,(H,12,14)(H,15,16). The van der Waals surface area contributed by atoms with Crippen LogP contribution in [0, 0.1) is 5.92 Å². The first-order valence-electron chi connectivity index (χ1n) is 5.27. The van der Waals surface area contributed by atoms with Gasteiger partial charge in [-0.05, 0) is 0 Å². The van der Waals surface area contributed by atoms with Gasteiger partial charge in [-0.2, -0.15) is 0 Å². The number of rotatable bonds is 8. The van der Waals surface area contributed by atoms with Crippen molar-refractivity contribution in [3.63, 3.8) is 0 Å². The third-order valence-corrected chi connectivity index (χ3v) is 2.14. The maximum Gasteiger partial charge on any atom is 0.307 e. The molecule has 92 valence electrons. The van der Waals surface area contributed by atoms with Gasteiger partial charge in [0.05, 0.1) is 5.92 Å². The zero-order valence-electron chi connectivity index (χ0n) is 9.90. The van der Waals surface area contributed by atoms with E-state index in [1.165, 1.54) is 6.92 Å². The van der Waals surface area contributed by atoms with E-state index >= 15 is 0 Å². The molecule has 1 unspecified atom stereocenters. The first-order chi connectivity index (χ1) is 7.47. The zero-order chi connectivity index (χ0) is 12.6. The van der Waals surface area contributed by atoms with Gasteiger partial charge in [0.25, 0.3) is 0 Å². The molecule has 0 saturated heterocycles. The fourth-order valence-corrected chi connectivity index (χ4v) is 1.30. The fraction of sp³-hybridized carbons (Fsp3) is 0.636. The van der Waals surface area contributed by atoms with E-state index in [1.807, 2.05) is 4.90 Å². The minimum absolute atomic E-state index is 0.0789. The molecule has 0 aromatic carbocycles. The van der Waals surface area contributed by atoms with Crippen molar-refractivity contribution in [1.29, 1.82) is 0 Å². The number of nitrogens with zero attached hydrogens (tertiary/aromatic N) is 1. The van der Waals surface area contributed by atoms with Crippen molar-refractivity contribution in [2.24, 2.45) is 5.92 Å². The van der Waals surface area contributed by atoms with Gasteiger partial charge in [-0.1, -0.05) is 13.0 Å². The molecule has 0 rings (SSSR count). The van der Waals surface area contributed by atoms with Crippen molar-refractivity contribution >= 4 is 11.9 Å². The molecule has 0 fully saturated rings. The van der Waals surface area contributed by atoms with Crippen LogP contribution in [0.4, 0.5) is 0 Å². The lowest BCUT2D eigenvalue weighted by Crippen LogP contribution is -2.38. The van der Waals surface area contributed by atoms with Crippen LogP contribution in [0.3, 0.4) is 0 Å². The lowest BCUT2D eigenvalue weighted by molar-refractivity contribution is -0.141. The van der Waals surface area contributed by atoms with Gasteiger partial charge in [-0.15, -0.1) is 6.58 Å². The van der Waals surface area contributed by atoms with Gasteiger partial charge in [-0.3, -0.25) is 14.5 Å². The van der Waals surface area contributed by atoms with Crippen LogP contribution < -0.4 is 5.32 Å². The highest BCUT2D eigenvalue weighted by Gasteiger charge is 2.14. The summed E-state index contributed by atoms with van der Waals surface area (Å²) in [5.74, 6) is -1.31. The van der Waals surface area contributed by atoms with Gasteiger partial charge in [0.15, 0.2) is 0 Å². The first kappa shape index (κ1) is 14.6. The summed E-state index contributed by atoms with van der Waals surface area (Å²) in [6.07, 6.45) is 1.72. The Bertz CT molecular complexity index is 254. The first-order valence-corrected chi connectivity index (χ1v) is 5.27. The Morgan fingerprint density at radius 2 is 2.19 bits per heavy atom. The topological polar surface area (TPSA) is 69.6 Å². The van der Waals surface area contributed by atoms with Crippen LogP contribution in [0.25, 0.3) is 0 Å². The molecular formula is C11H20N2O3.